The van der Waals surface area contributed by atoms with Crippen molar-refractivity contribution in [1.29, 1.82) is 0 Å². The molecule has 6 aliphatic rings. The predicted molar refractivity (Wildman–Crippen MR) is 279 cm³/mol. The lowest BCUT2D eigenvalue weighted by Crippen LogP contribution is -2.56. The molecule has 0 unspecified atom stereocenters. The molecule has 2 heterocycles. The number of ether oxygens (including phenoxy) is 1. The van der Waals surface area contributed by atoms with Crippen molar-refractivity contribution in [2.24, 2.45) is 22.3 Å². The van der Waals surface area contributed by atoms with E-state index >= 15 is 0 Å². The van der Waals surface area contributed by atoms with Crippen LogP contribution >= 0.6 is 12.4 Å². The van der Waals surface area contributed by atoms with Gasteiger partial charge in [0.25, 0.3) is 11.8 Å². The molecule has 0 aliphatic heterocycles. The van der Waals surface area contributed by atoms with E-state index in [2.05, 4.69) is 51.7 Å². The Balaban J connectivity index is 0.000000204. The van der Waals surface area contributed by atoms with Gasteiger partial charge in [-0.25, -0.2) is 0 Å². The van der Waals surface area contributed by atoms with Crippen molar-refractivity contribution < 1.29 is 48.3 Å². The summed E-state index contributed by atoms with van der Waals surface area (Å²) in [7, 11) is 0. The molecule has 2 aromatic heterocycles. The molecule has 404 valence electrons. The number of halogens is 1. The fourth-order valence-electron chi connectivity index (χ4n) is 8.39. The third-order valence-corrected chi connectivity index (χ3v) is 14.9. The minimum atomic E-state index is -0.666. The highest BCUT2D eigenvalue weighted by Crippen LogP contribution is 2.40. The first kappa shape index (κ1) is 60.4. The summed E-state index contributed by atoms with van der Waals surface area (Å²) in [4.78, 5) is 54.7. The molecule has 2 amide bonds. The average Bonchev–Trinajstić information content (AvgIpc) is 3.97. The van der Waals surface area contributed by atoms with Gasteiger partial charge in [0.05, 0.1) is 30.9 Å². The Labute approximate surface area is 436 Å². The van der Waals surface area contributed by atoms with Crippen molar-refractivity contribution in [2.75, 3.05) is 26.4 Å². The number of aryl methyl sites for hydroxylation is 2. The van der Waals surface area contributed by atoms with E-state index in [-0.39, 0.29) is 48.9 Å². The van der Waals surface area contributed by atoms with Crippen molar-refractivity contribution in [2.45, 2.75) is 179 Å². The zero-order valence-electron chi connectivity index (χ0n) is 43.8. The van der Waals surface area contributed by atoms with E-state index in [1.807, 2.05) is 0 Å². The number of nitrogens with two attached hydrogens (primary N) is 2. The number of hydrogen-bond donors (Lipinski definition) is 7. The number of aliphatic hydroxyl groups excluding tert-OH is 3. The van der Waals surface area contributed by atoms with Gasteiger partial charge in [0.2, 0.25) is 23.4 Å². The monoisotopic (exact) mass is 1040 g/mol. The largest absolute Gasteiger partial charge is 0.465 e. The van der Waals surface area contributed by atoms with Crippen molar-refractivity contribution >= 4 is 36.5 Å². The highest BCUT2D eigenvalue weighted by molar-refractivity contribution is 5.97. The molecule has 0 bridgehead atoms. The van der Waals surface area contributed by atoms with Crippen LogP contribution in [0.3, 0.4) is 0 Å². The van der Waals surface area contributed by atoms with E-state index in [1.165, 1.54) is 44.9 Å². The third kappa shape index (κ3) is 17.2. The zero-order valence-corrected chi connectivity index (χ0v) is 44.6. The van der Waals surface area contributed by atoms with E-state index in [0.717, 1.165) is 80.6 Å². The number of carbonyl (C=O) groups excluding carboxylic acids is 4. The number of nitrogens with one attached hydrogen (secondary N) is 2. The molecule has 10 rings (SSSR count). The number of benzene rings is 2. The normalized spacial score (nSPS) is 19.7. The highest BCUT2D eigenvalue weighted by Gasteiger charge is 2.42. The van der Waals surface area contributed by atoms with Gasteiger partial charge in [0.15, 0.2) is 0 Å². The molecule has 0 atom stereocenters. The van der Waals surface area contributed by atoms with E-state index in [1.54, 1.807) is 69.3 Å². The summed E-state index contributed by atoms with van der Waals surface area (Å²) in [6.07, 6.45) is 19.9. The van der Waals surface area contributed by atoms with Crippen LogP contribution in [0, 0.1) is 24.7 Å². The van der Waals surface area contributed by atoms with Crippen LogP contribution in [-0.4, -0.2) is 108 Å². The van der Waals surface area contributed by atoms with Gasteiger partial charge in [0, 0.05) is 48.2 Å². The van der Waals surface area contributed by atoms with Crippen LogP contribution in [0.1, 0.15) is 176 Å². The Kier molecular flexibility index (Phi) is 22.3. The maximum atomic E-state index is 12.2. The van der Waals surface area contributed by atoms with Crippen LogP contribution in [0.5, 0.6) is 0 Å². The molecule has 6 fully saturated rings. The first-order valence-corrected chi connectivity index (χ1v) is 25.7. The maximum Gasteiger partial charge on any atom is 0.326 e. The van der Waals surface area contributed by atoms with E-state index < -0.39 is 16.6 Å². The Morgan fingerprint density at radius 2 is 1.05 bits per heavy atom. The Morgan fingerprint density at radius 3 is 1.27 bits per heavy atom. The summed E-state index contributed by atoms with van der Waals surface area (Å²) >= 11 is 0. The second kappa shape index (κ2) is 26.9. The summed E-state index contributed by atoms with van der Waals surface area (Å²) in [6, 6.07) is 13.9. The van der Waals surface area contributed by atoms with Crippen LogP contribution in [-0.2, 0) is 14.3 Å². The number of esters is 1. The van der Waals surface area contributed by atoms with Gasteiger partial charge >= 0.3 is 5.97 Å². The lowest BCUT2D eigenvalue weighted by molar-refractivity contribution is -0.153. The van der Waals surface area contributed by atoms with Gasteiger partial charge in [-0.15, -0.1) is 12.4 Å². The molecule has 6 saturated carbocycles. The summed E-state index contributed by atoms with van der Waals surface area (Å²) in [5.74, 6) is 1.35. The minimum Gasteiger partial charge on any atom is -0.465 e. The maximum absolute atomic E-state index is 12.2. The van der Waals surface area contributed by atoms with Crippen LogP contribution in [0.25, 0.3) is 22.8 Å². The van der Waals surface area contributed by atoms with E-state index in [4.69, 9.17) is 35.5 Å². The number of nitrogens with zero attached hydrogens (tertiary/aromatic N) is 4. The molecule has 2 aromatic carbocycles. The van der Waals surface area contributed by atoms with Gasteiger partial charge in [-0.3, -0.25) is 14.4 Å². The third-order valence-electron chi connectivity index (χ3n) is 14.9. The van der Waals surface area contributed by atoms with Crippen LogP contribution in [0.15, 0.2) is 57.6 Å². The molecule has 0 spiro atoms. The van der Waals surface area contributed by atoms with Crippen molar-refractivity contribution in [3.05, 3.63) is 71.4 Å². The van der Waals surface area contributed by atoms with Gasteiger partial charge in [-0.1, -0.05) is 68.2 Å². The number of carbonyl (C=O) groups is 4. The smallest absolute Gasteiger partial charge is 0.326 e. The number of amides is 2. The average molecular weight is 1040 g/mol. The van der Waals surface area contributed by atoms with E-state index in [0.29, 0.717) is 66.0 Å². The van der Waals surface area contributed by atoms with Gasteiger partial charge < -0.3 is 56.0 Å². The molecule has 19 heteroatoms. The number of rotatable bonds is 12. The summed E-state index contributed by atoms with van der Waals surface area (Å²) in [5.41, 5.74) is 13.0. The Hall–Kier alpha value is -5.11. The quantitative estimate of drug-likeness (QED) is 0.0529. The van der Waals surface area contributed by atoms with Crippen LogP contribution in [0.2, 0.25) is 0 Å². The Bertz CT molecular complexity index is 2310. The van der Waals surface area contributed by atoms with Crippen molar-refractivity contribution in [3.63, 3.8) is 0 Å². The van der Waals surface area contributed by atoms with Gasteiger partial charge in [-0.2, -0.15) is 9.97 Å². The molecule has 6 aliphatic carbocycles. The minimum absolute atomic E-state index is 0. The lowest BCUT2D eigenvalue weighted by atomic mass is 9.71. The summed E-state index contributed by atoms with van der Waals surface area (Å²) < 4.78 is 14.6. The van der Waals surface area contributed by atoms with Crippen molar-refractivity contribution in [3.8, 4) is 22.8 Å². The first-order valence-electron chi connectivity index (χ1n) is 25.7. The molecule has 0 saturated heterocycles. The molecule has 18 nitrogen and oxygen atoms in total. The van der Waals surface area contributed by atoms with Crippen LogP contribution < -0.4 is 22.1 Å². The fourth-order valence-corrected chi connectivity index (χ4v) is 8.39. The van der Waals surface area contributed by atoms with Gasteiger partial charge in [0.1, 0.15) is 11.8 Å². The first-order chi connectivity index (χ1) is 34.2. The number of aliphatic hydroxyl groups is 3. The SMILES string of the molecule is CC1(C)CCC1.CC1(CO)CCC1.CCOC(=O)C1(N)CCC1.Cc1nc(-c2ccc(C(=O)NC3(C=O)CCC3)cc2)no1.Cc1nc(-c2ccc(C(=O)NC3(CO)CCC3)cc2)no1.Cl.NC1(CO)CCC1. The van der Waals surface area contributed by atoms with E-state index in [9.17, 15) is 24.3 Å². The summed E-state index contributed by atoms with van der Waals surface area (Å²) in [5, 5.41) is 39.9. The lowest BCUT2D eigenvalue weighted by Gasteiger charge is -2.40. The second-order valence-electron chi connectivity index (χ2n) is 21.7. The van der Waals surface area contributed by atoms with Crippen LogP contribution in [0.4, 0.5) is 0 Å². The topological polar surface area (TPSA) is 292 Å². The zero-order chi connectivity index (χ0) is 52.6. The second-order valence-corrected chi connectivity index (χ2v) is 21.7. The predicted octanol–water partition coefficient (Wildman–Crippen LogP) is 7.66. The number of aromatic nitrogens is 4. The highest BCUT2D eigenvalue weighted by atomic mass is 35.5. The molecular formula is C54H81ClN8O10. The number of hydrogen-bond acceptors (Lipinski definition) is 16. The molecule has 4 aromatic rings. The molecular weight excluding hydrogens is 956 g/mol. The standard InChI is InChI=1S/C15H17N3O3.C15H15N3O3.C7H13NO2.C6H12O.C6H12.C5H11NO.ClH/c2*1-10-16-13(18-21-10)11-3-5-12(6-4-11)14(20)17-15(9-19)7-2-8-15;1-2-10-6(9)7(8)4-3-5-7;1-6(5-7)3-2-4-6;1-6(2)4-3-5-6;6-5(4-7)2-1-3-5;/h3-6,19H,2,7-9H2,1H3,(H,17,20);3-6,9H,2,7-8H2,1H3,(H,17,20);2-5,8H2,1H3;7H,2-5H2,1H3;3-5H2,1-2H3;7H,1-4,6H2;1H. The molecule has 73 heavy (non-hydrogen) atoms. The summed E-state index contributed by atoms with van der Waals surface area (Å²) in [6.45, 7) is 13.0. The van der Waals surface area contributed by atoms with Crippen molar-refractivity contribution in [1.82, 2.24) is 30.9 Å². The fraction of sp³-hybridized carbons (Fsp3) is 0.630. The molecule has 9 N–H and O–H groups in total. The number of aldehydes is 1. The Morgan fingerprint density at radius 1 is 0.630 bits per heavy atom. The molecule has 0 radical (unpaired) electrons. The van der Waals surface area contributed by atoms with Gasteiger partial charge in [-0.05, 0) is 145 Å².